The summed E-state index contributed by atoms with van der Waals surface area (Å²) in [6, 6.07) is 9.21. The minimum Gasteiger partial charge on any atom is -0.493 e. The van der Waals surface area contributed by atoms with E-state index in [0.29, 0.717) is 12.0 Å². The number of benzene rings is 1. The maximum Gasteiger partial charge on any atom is 0.122 e. The maximum absolute atomic E-state index is 5.60. The topological polar surface area (TPSA) is 42.3 Å². The highest BCUT2D eigenvalue weighted by molar-refractivity contribution is 5.39. The van der Waals surface area contributed by atoms with Crippen molar-refractivity contribution in [3.05, 3.63) is 47.3 Å². The third-order valence-corrected chi connectivity index (χ3v) is 5.66. The highest BCUT2D eigenvalue weighted by Crippen LogP contribution is 2.34. The summed E-state index contributed by atoms with van der Waals surface area (Å²) >= 11 is 0. The summed E-state index contributed by atoms with van der Waals surface area (Å²) in [5.74, 6) is 1.68. The Morgan fingerprint density at radius 1 is 1.28 bits per heavy atom. The normalized spacial score (nSPS) is 23.4. The fraction of sp³-hybridized carbons (Fsp3) is 0.550. The number of piperidine rings is 1. The number of aromatic nitrogens is 2. The number of fused-ring (bicyclic) bond motifs is 1. The quantitative estimate of drug-likeness (QED) is 0.908. The van der Waals surface area contributed by atoms with Crippen molar-refractivity contribution >= 4 is 0 Å². The molecule has 0 saturated carbocycles. The van der Waals surface area contributed by atoms with Crippen molar-refractivity contribution in [1.82, 2.24) is 20.0 Å². The fourth-order valence-electron chi connectivity index (χ4n) is 4.37. The van der Waals surface area contributed by atoms with Gasteiger partial charge in [-0.15, -0.1) is 0 Å². The van der Waals surface area contributed by atoms with Gasteiger partial charge in [-0.2, -0.15) is 5.10 Å². The number of rotatable bonds is 5. The molecule has 1 N–H and O–H groups in total. The van der Waals surface area contributed by atoms with Crippen LogP contribution < -0.4 is 10.1 Å². The van der Waals surface area contributed by atoms with Gasteiger partial charge >= 0.3 is 0 Å². The molecule has 0 spiro atoms. The first kappa shape index (κ1) is 16.6. The molecule has 2 aliphatic heterocycles. The first-order valence-corrected chi connectivity index (χ1v) is 9.36. The van der Waals surface area contributed by atoms with Crippen LogP contribution in [0, 0.1) is 5.92 Å². The summed E-state index contributed by atoms with van der Waals surface area (Å²) in [7, 11) is 4.29. The van der Waals surface area contributed by atoms with Crippen molar-refractivity contribution in [3.8, 4) is 5.75 Å². The first-order valence-electron chi connectivity index (χ1n) is 9.36. The maximum atomic E-state index is 5.60. The van der Waals surface area contributed by atoms with Crippen molar-refractivity contribution < 1.29 is 4.74 Å². The Morgan fingerprint density at radius 3 is 3.04 bits per heavy atom. The molecule has 25 heavy (non-hydrogen) atoms. The summed E-state index contributed by atoms with van der Waals surface area (Å²) in [6.07, 6.45) is 5.49. The van der Waals surface area contributed by atoms with E-state index in [0.717, 1.165) is 38.4 Å². The van der Waals surface area contributed by atoms with Crippen molar-refractivity contribution in [3.63, 3.8) is 0 Å². The van der Waals surface area contributed by atoms with Crippen LogP contribution in [0.5, 0.6) is 5.75 Å². The predicted molar refractivity (Wildman–Crippen MR) is 98.7 cm³/mol. The average molecular weight is 340 g/mol. The van der Waals surface area contributed by atoms with Gasteiger partial charge in [0.25, 0.3) is 0 Å². The van der Waals surface area contributed by atoms with Crippen LogP contribution in [0.4, 0.5) is 0 Å². The molecule has 4 rings (SSSR count). The summed E-state index contributed by atoms with van der Waals surface area (Å²) in [5, 5.41) is 8.08. The minimum absolute atomic E-state index is 0.446. The molecule has 1 saturated heterocycles. The summed E-state index contributed by atoms with van der Waals surface area (Å²) in [5.41, 5.74) is 4.03. The number of likely N-dealkylation sites (tertiary alicyclic amines) is 1. The zero-order valence-corrected chi connectivity index (χ0v) is 15.2. The van der Waals surface area contributed by atoms with E-state index in [1.165, 1.54) is 29.7 Å². The molecule has 0 bridgehead atoms. The monoisotopic (exact) mass is 340 g/mol. The molecular formula is C20H28N4O. The average Bonchev–Trinajstić information content (AvgIpc) is 3.23. The van der Waals surface area contributed by atoms with Crippen LogP contribution in [0.15, 0.2) is 30.5 Å². The van der Waals surface area contributed by atoms with E-state index in [4.69, 9.17) is 4.74 Å². The van der Waals surface area contributed by atoms with Gasteiger partial charge in [-0.1, -0.05) is 12.1 Å². The lowest BCUT2D eigenvalue weighted by molar-refractivity contribution is 0.113. The second-order valence-corrected chi connectivity index (χ2v) is 7.38. The van der Waals surface area contributed by atoms with Gasteiger partial charge in [-0.3, -0.25) is 9.58 Å². The van der Waals surface area contributed by atoms with Crippen molar-refractivity contribution in [1.29, 1.82) is 0 Å². The van der Waals surface area contributed by atoms with Gasteiger partial charge in [0.05, 0.1) is 18.3 Å². The minimum atomic E-state index is 0.446. The van der Waals surface area contributed by atoms with E-state index in [1.807, 2.05) is 10.9 Å². The molecule has 3 heterocycles. The highest BCUT2D eigenvalue weighted by Gasteiger charge is 2.31. The summed E-state index contributed by atoms with van der Waals surface area (Å²) < 4.78 is 7.63. The Labute approximate surface area is 150 Å². The lowest BCUT2D eigenvalue weighted by atomic mass is 9.87. The lowest BCUT2D eigenvalue weighted by Crippen LogP contribution is -2.41. The first-order chi connectivity index (χ1) is 12.2. The van der Waals surface area contributed by atoms with Gasteiger partial charge in [0.1, 0.15) is 5.75 Å². The Morgan fingerprint density at radius 2 is 2.20 bits per heavy atom. The van der Waals surface area contributed by atoms with E-state index < -0.39 is 0 Å². The highest BCUT2D eigenvalue weighted by atomic mass is 16.5. The van der Waals surface area contributed by atoms with Crippen molar-refractivity contribution in [2.24, 2.45) is 13.0 Å². The van der Waals surface area contributed by atoms with E-state index >= 15 is 0 Å². The lowest BCUT2D eigenvalue weighted by Gasteiger charge is -2.39. The molecule has 2 aliphatic rings. The van der Waals surface area contributed by atoms with Crippen molar-refractivity contribution in [2.75, 3.05) is 26.7 Å². The van der Waals surface area contributed by atoms with Gasteiger partial charge in [-0.25, -0.2) is 0 Å². The van der Waals surface area contributed by atoms with E-state index in [9.17, 15) is 0 Å². The number of aryl methyl sites for hydroxylation is 1. The molecule has 134 valence electrons. The molecule has 5 heteroatoms. The van der Waals surface area contributed by atoms with E-state index in [1.54, 1.807) is 0 Å². The molecule has 0 radical (unpaired) electrons. The molecule has 1 aromatic heterocycles. The molecule has 1 fully saturated rings. The smallest absolute Gasteiger partial charge is 0.122 e. The van der Waals surface area contributed by atoms with Crippen LogP contribution in [-0.2, 0) is 20.0 Å². The van der Waals surface area contributed by atoms with Gasteiger partial charge in [0, 0.05) is 32.8 Å². The van der Waals surface area contributed by atoms with E-state index in [-0.39, 0.29) is 0 Å². The molecule has 0 aliphatic carbocycles. The molecular weight excluding hydrogens is 312 g/mol. The molecule has 0 unspecified atom stereocenters. The van der Waals surface area contributed by atoms with Gasteiger partial charge in [-0.05, 0) is 55.6 Å². The van der Waals surface area contributed by atoms with Crippen LogP contribution in [0.25, 0.3) is 0 Å². The predicted octanol–water partition coefficient (Wildman–Crippen LogP) is 2.53. The van der Waals surface area contributed by atoms with Gasteiger partial charge < -0.3 is 10.1 Å². The Hall–Kier alpha value is -1.85. The van der Waals surface area contributed by atoms with Crippen LogP contribution in [0.2, 0.25) is 0 Å². The largest absolute Gasteiger partial charge is 0.493 e. The van der Waals surface area contributed by atoms with Crippen LogP contribution in [0.3, 0.4) is 0 Å². The van der Waals surface area contributed by atoms with Crippen LogP contribution >= 0.6 is 0 Å². The zero-order valence-electron chi connectivity index (χ0n) is 15.2. The molecule has 2 atom stereocenters. The number of ether oxygens (including phenoxy) is 1. The fourth-order valence-corrected chi connectivity index (χ4v) is 4.37. The number of hydrogen-bond acceptors (Lipinski definition) is 4. The van der Waals surface area contributed by atoms with Crippen molar-refractivity contribution in [2.45, 2.75) is 31.8 Å². The molecule has 0 amide bonds. The van der Waals surface area contributed by atoms with Crippen LogP contribution in [-0.4, -0.2) is 41.4 Å². The van der Waals surface area contributed by atoms with E-state index in [2.05, 4.69) is 53.7 Å². The number of nitrogens with one attached hydrogen (secondary N) is 1. The Bertz CT molecular complexity index is 726. The van der Waals surface area contributed by atoms with Crippen LogP contribution in [0.1, 0.15) is 35.7 Å². The molecule has 2 aromatic rings. The zero-order chi connectivity index (χ0) is 17.2. The van der Waals surface area contributed by atoms with Gasteiger partial charge in [0.2, 0.25) is 0 Å². The molecule has 5 nitrogen and oxygen atoms in total. The second kappa shape index (κ2) is 7.18. The third-order valence-electron chi connectivity index (χ3n) is 5.66. The second-order valence-electron chi connectivity index (χ2n) is 7.38. The SMILES string of the molecule is CN1CCC[C@@H](CNCc2ccc3c(c2)CCO3)[C@@H]1c1ccnn1C. The Kier molecular flexibility index (Phi) is 4.77. The number of hydrogen-bond donors (Lipinski definition) is 1. The third kappa shape index (κ3) is 3.44. The van der Waals surface area contributed by atoms with Gasteiger partial charge in [0.15, 0.2) is 0 Å². The standard InChI is InChI=1S/C20H28N4O/c1-23-10-3-4-17(20(23)18-7-9-22-24(18)2)14-21-13-15-5-6-19-16(12-15)8-11-25-19/h5-7,9,12,17,20-21H,3-4,8,10-11,13-14H2,1-2H3/t17-,20+/m0/s1. The summed E-state index contributed by atoms with van der Waals surface area (Å²) in [6.45, 7) is 3.95. The summed E-state index contributed by atoms with van der Waals surface area (Å²) in [4.78, 5) is 2.49. The number of nitrogens with zero attached hydrogens (tertiary/aromatic N) is 3. The molecule has 1 aromatic carbocycles. The Balaban J connectivity index is 1.40.